The SMILES string of the molecule is CS(=O)(=O)Nc1cccc(C2C[C@H]3CC[C@@H](C2)N3CCNCC2CCCCC2)c1. The molecule has 1 aliphatic carbocycles. The van der Waals surface area contributed by atoms with Crippen LogP contribution in [0, 0.1) is 5.92 Å². The molecule has 2 saturated heterocycles. The average Bonchev–Trinajstić information content (AvgIpc) is 2.92. The molecule has 5 nitrogen and oxygen atoms in total. The molecule has 29 heavy (non-hydrogen) atoms. The standard InChI is InChI=1S/C23H37N3O2S/c1-29(27,28)25-21-9-5-8-19(14-21)20-15-22-10-11-23(16-20)26(22)13-12-24-17-18-6-3-2-4-7-18/h5,8-9,14,18,20,22-25H,2-4,6-7,10-13,15-17H2,1H3/t20?,22-,23+. The minimum atomic E-state index is -3.23. The first-order valence-corrected chi connectivity index (χ1v) is 13.4. The van der Waals surface area contributed by atoms with Crippen LogP contribution in [-0.4, -0.2) is 51.3 Å². The maximum Gasteiger partial charge on any atom is 0.229 e. The van der Waals surface area contributed by atoms with Crippen LogP contribution in [0.15, 0.2) is 24.3 Å². The van der Waals surface area contributed by atoms with Crippen LogP contribution >= 0.6 is 0 Å². The molecule has 6 heteroatoms. The molecular weight excluding hydrogens is 382 g/mol. The van der Waals surface area contributed by atoms with Crippen LogP contribution in [0.25, 0.3) is 0 Å². The maximum atomic E-state index is 11.5. The minimum absolute atomic E-state index is 0.542. The van der Waals surface area contributed by atoms with Gasteiger partial charge < -0.3 is 5.32 Å². The van der Waals surface area contributed by atoms with E-state index in [0.717, 1.165) is 12.5 Å². The van der Waals surface area contributed by atoms with Gasteiger partial charge in [-0.15, -0.1) is 0 Å². The van der Waals surface area contributed by atoms with Crippen molar-refractivity contribution in [2.24, 2.45) is 5.92 Å². The Morgan fingerprint density at radius 1 is 1.03 bits per heavy atom. The summed E-state index contributed by atoms with van der Waals surface area (Å²) in [6.45, 7) is 3.48. The van der Waals surface area contributed by atoms with Gasteiger partial charge in [0.15, 0.2) is 0 Å². The fourth-order valence-electron chi connectivity index (χ4n) is 5.89. The third-order valence-electron chi connectivity index (χ3n) is 7.25. The topological polar surface area (TPSA) is 61.4 Å². The number of nitrogens with one attached hydrogen (secondary N) is 2. The summed E-state index contributed by atoms with van der Waals surface area (Å²) in [5, 5.41) is 3.74. The van der Waals surface area contributed by atoms with Crippen molar-refractivity contribution >= 4 is 15.7 Å². The molecule has 4 rings (SSSR count). The lowest BCUT2D eigenvalue weighted by Crippen LogP contribution is -2.45. The van der Waals surface area contributed by atoms with Gasteiger partial charge in [-0.2, -0.15) is 0 Å². The highest BCUT2D eigenvalue weighted by Crippen LogP contribution is 2.43. The van der Waals surface area contributed by atoms with E-state index in [1.54, 1.807) is 0 Å². The largest absolute Gasteiger partial charge is 0.315 e. The summed E-state index contributed by atoms with van der Waals surface area (Å²) in [6.07, 6.45) is 13.3. The van der Waals surface area contributed by atoms with Gasteiger partial charge in [0, 0.05) is 30.9 Å². The quantitative estimate of drug-likeness (QED) is 0.627. The van der Waals surface area contributed by atoms with Crippen molar-refractivity contribution in [3.8, 4) is 0 Å². The minimum Gasteiger partial charge on any atom is -0.315 e. The normalized spacial score (nSPS) is 28.5. The Bertz CT molecular complexity index is 762. The summed E-state index contributed by atoms with van der Waals surface area (Å²) in [4.78, 5) is 2.75. The Kier molecular flexibility index (Phi) is 6.82. The zero-order valence-corrected chi connectivity index (χ0v) is 18.6. The highest BCUT2D eigenvalue weighted by Gasteiger charge is 2.40. The number of hydrogen-bond donors (Lipinski definition) is 2. The highest BCUT2D eigenvalue weighted by molar-refractivity contribution is 7.92. The molecule has 2 bridgehead atoms. The van der Waals surface area contributed by atoms with E-state index in [9.17, 15) is 8.42 Å². The molecule has 1 aromatic rings. The molecule has 3 atom stereocenters. The van der Waals surface area contributed by atoms with Gasteiger partial charge in [-0.05, 0) is 74.6 Å². The van der Waals surface area contributed by atoms with Gasteiger partial charge in [0.2, 0.25) is 10.0 Å². The maximum absolute atomic E-state index is 11.5. The predicted octanol–water partition coefficient (Wildman–Crippen LogP) is 3.94. The summed E-state index contributed by atoms with van der Waals surface area (Å²) in [5.41, 5.74) is 1.97. The average molecular weight is 420 g/mol. The second-order valence-electron chi connectivity index (χ2n) is 9.50. The summed E-state index contributed by atoms with van der Waals surface area (Å²) in [5.74, 6) is 1.44. The summed E-state index contributed by atoms with van der Waals surface area (Å²) in [7, 11) is -3.23. The van der Waals surface area contributed by atoms with Gasteiger partial charge in [-0.1, -0.05) is 31.4 Å². The third kappa shape index (κ3) is 5.74. The van der Waals surface area contributed by atoms with Crippen LogP contribution in [0.5, 0.6) is 0 Å². The molecule has 0 radical (unpaired) electrons. The first kappa shape index (κ1) is 21.1. The van der Waals surface area contributed by atoms with Crippen molar-refractivity contribution in [3.05, 3.63) is 29.8 Å². The Hall–Kier alpha value is -1.11. The Labute approximate surface area is 176 Å². The smallest absolute Gasteiger partial charge is 0.229 e. The zero-order chi connectivity index (χ0) is 20.3. The Morgan fingerprint density at radius 2 is 1.76 bits per heavy atom. The molecule has 1 saturated carbocycles. The van der Waals surface area contributed by atoms with Gasteiger partial charge in [-0.25, -0.2) is 8.42 Å². The van der Waals surface area contributed by atoms with E-state index < -0.39 is 10.0 Å². The number of rotatable bonds is 8. The van der Waals surface area contributed by atoms with E-state index in [0.29, 0.717) is 23.7 Å². The molecule has 1 unspecified atom stereocenters. The van der Waals surface area contributed by atoms with Crippen LogP contribution < -0.4 is 10.0 Å². The van der Waals surface area contributed by atoms with Crippen molar-refractivity contribution in [1.82, 2.24) is 10.2 Å². The molecule has 3 aliphatic rings. The monoisotopic (exact) mass is 419 g/mol. The Morgan fingerprint density at radius 3 is 2.45 bits per heavy atom. The van der Waals surface area contributed by atoms with Crippen molar-refractivity contribution in [2.45, 2.75) is 75.8 Å². The fourth-order valence-corrected chi connectivity index (χ4v) is 6.44. The van der Waals surface area contributed by atoms with Gasteiger partial charge in [0.05, 0.1) is 6.26 Å². The van der Waals surface area contributed by atoms with Gasteiger partial charge in [-0.3, -0.25) is 9.62 Å². The van der Waals surface area contributed by atoms with E-state index in [1.807, 2.05) is 18.2 Å². The lowest BCUT2D eigenvalue weighted by molar-refractivity contribution is 0.127. The van der Waals surface area contributed by atoms with Crippen LogP contribution in [0.4, 0.5) is 5.69 Å². The van der Waals surface area contributed by atoms with E-state index >= 15 is 0 Å². The summed E-state index contributed by atoms with van der Waals surface area (Å²) in [6, 6.07) is 9.38. The van der Waals surface area contributed by atoms with Gasteiger partial charge in [0.1, 0.15) is 0 Å². The Balaban J connectivity index is 1.28. The van der Waals surface area contributed by atoms with Gasteiger partial charge >= 0.3 is 0 Å². The van der Waals surface area contributed by atoms with E-state index in [1.165, 1.54) is 82.7 Å². The van der Waals surface area contributed by atoms with E-state index in [-0.39, 0.29) is 0 Å². The number of hydrogen-bond acceptors (Lipinski definition) is 4. The molecular formula is C23H37N3O2S. The summed E-state index contributed by atoms with van der Waals surface area (Å²) < 4.78 is 25.7. The molecule has 2 N–H and O–H groups in total. The van der Waals surface area contributed by atoms with Crippen molar-refractivity contribution in [3.63, 3.8) is 0 Å². The molecule has 1 aromatic carbocycles. The molecule has 162 valence electrons. The lowest BCUT2D eigenvalue weighted by atomic mass is 9.85. The molecule has 0 spiro atoms. The first-order valence-electron chi connectivity index (χ1n) is 11.5. The number of fused-ring (bicyclic) bond motifs is 2. The zero-order valence-electron chi connectivity index (χ0n) is 17.8. The molecule has 2 aliphatic heterocycles. The van der Waals surface area contributed by atoms with E-state index in [4.69, 9.17) is 0 Å². The van der Waals surface area contributed by atoms with Crippen molar-refractivity contribution in [2.75, 3.05) is 30.6 Å². The fraction of sp³-hybridized carbons (Fsp3) is 0.739. The first-order chi connectivity index (χ1) is 14.0. The van der Waals surface area contributed by atoms with Crippen LogP contribution in [-0.2, 0) is 10.0 Å². The number of nitrogens with zero attached hydrogens (tertiary/aromatic N) is 1. The second kappa shape index (κ2) is 9.36. The van der Waals surface area contributed by atoms with E-state index in [2.05, 4.69) is 21.0 Å². The van der Waals surface area contributed by atoms with Crippen LogP contribution in [0.1, 0.15) is 69.3 Å². The number of anilines is 1. The number of sulfonamides is 1. The summed E-state index contributed by atoms with van der Waals surface area (Å²) >= 11 is 0. The highest BCUT2D eigenvalue weighted by atomic mass is 32.2. The molecule has 2 heterocycles. The van der Waals surface area contributed by atoms with Gasteiger partial charge in [0.25, 0.3) is 0 Å². The number of benzene rings is 1. The molecule has 3 fully saturated rings. The van der Waals surface area contributed by atoms with Crippen LogP contribution in [0.3, 0.4) is 0 Å². The van der Waals surface area contributed by atoms with Crippen molar-refractivity contribution < 1.29 is 8.42 Å². The molecule has 0 aromatic heterocycles. The van der Waals surface area contributed by atoms with Crippen LogP contribution in [0.2, 0.25) is 0 Å². The predicted molar refractivity (Wildman–Crippen MR) is 120 cm³/mol. The third-order valence-corrected chi connectivity index (χ3v) is 7.86. The lowest BCUT2D eigenvalue weighted by Gasteiger charge is -2.39. The number of piperidine rings is 1. The second-order valence-corrected chi connectivity index (χ2v) is 11.2. The van der Waals surface area contributed by atoms with Crippen molar-refractivity contribution in [1.29, 1.82) is 0 Å². The molecule has 0 amide bonds.